The van der Waals surface area contributed by atoms with Crippen LogP contribution in [0.3, 0.4) is 0 Å². The Morgan fingerprint density at radius 1 is 1.18 bits per heavy atom. The molecule has 11 nitrogen and oxygen atoms in total. The van der Waals surface area contributed by atoms with E-state index in [2.05, 4.69) is 5.32 Å². The van der Waals surface area contributed by atoms with Crippen LogP contribution in [-0.2, 0) is 30.7 Å². The van der Waals surface area contributed by atoms with Gasteiger partial charge < -0.3 is 35.1 Å². The molecule has 0 aromatic heterocycles. The normalized spacial score (nSPS) is 22.2. The number of nitrogen functional groups attached to an aromatic ring is 1. The van der Waals surface area contributed by atoms with E-state index in [4.69, 9.17) is 24.7 Å². The molecule has 1 amide bonds. The van der Waals surface area contributed by atoms with Gasteiger partial charge in [0.15, 0.2) is 6.29 Å². The standard InChI is InChI=1S/C28H39N3O8S/c1-18(2)15-31(40(34,35)20-9-10-22(29)25(14-20)36-3)16-24(32)23(13-19-7-5-4-6-8-19)30-28(33)39-26-17-38-27-21(26)11-12-37-27/h4-10,14,18,21,23-24,26-27,32H,11-13,15-17,29H2,1-3H3,(H,30,33)/t21-,23-,24+,26-,27+/m0/s1. The van der Waals surface area contributed by atoms with Gasteiger partial charge in [-0.1, -0.05) is 44.2 Å². The molecule has 4 rings (SSSR count). The van der Waals surface area contributed by atoms with Crippen LogP contribution in [0.15, 0.2) is 53.4 Å². The van der Waals surface area contributed by atoms with E-state index in [-0.39, 0.29) is 54.9 Å². The predicted molar refractivity (Wildman–Crippen MR) is 148 cm³/mol. The minimum absolute atomic E-state index is 0.00653. The molecule has 2 aliphatic heterocycles. The Morgan fingerprint density at radius 2 is 1.93 bits per heavy atom. The van der Waals surface area contributed by atoms with Gasteiger partial charge in [-0.15, -0.1) is 0 Å². The minimum Gasteiger partial charge on any atom is -0.495 e. The van der Waals surface area contributed by atoms with Gasteiger partial charge in [0, 0.05) is 19.2 Å². The number of ether oxygens (including phenoxy) is 4. The molecule has 2 fully saturated rings. The molecule has 40 heavy (non-hydrogen) atoms. The number of nitrogens with two attached hydrogens (primary N) is 1. The average Bonchev–Trinajstić information content (AvgIpc) is 3.53. The van der Waals surface area contributed by atoms with Crippen molar-refractivity contribution in [3.8, 4) is 5.75 Å². The summed E-state index contributed by atoms with van der Waals surface area (Å²) in [5.41, 5.74) is 7.06. The fraction of sp³-hybridized carbons (Fsp3) is 0.536. The summed E-state index contributed by atoms with van der Waals surface area (Å²) in [6.45, 7) is 4.46. The lowest BCUT2D eigenvalue weighted by atomic mass is 10.0. The molecule has 2 heterocycles. The summed E-state index contributed by atoms with van der Waals surface area (Å²) in [6, 6.07) is 12.8. The van der Waals surface area contributed by atoms with E-state index in [0.29, 0.717) is 12.3 Å². The van der Waals surface area contributed by atoms with Crippen LogP contribution in [0.4, 0.5) is 10.5 Å². The molecule has 2 aromatic carbocycles. The first kappa shape index (κ1) is 30.1. The Balaban J connectivity index is 1.53. The number of benzene rings is 2. The number of methoxy groups -OCH3 is 1. The fourth-order valence-corrected chi connectivity index (χ4v) is 6.67. The highest BCUT2D eigenvalue weighted by molar-refractivity contribution is 7.89. The second kappa shape index (κ2) is 13.2. The van der Waals surface area contributed by atoms with Gasteiger partial charge in [0.25, 0.3) is 0 Å². The number of carbonyl (C=O) groups is 1. The number of rotatable bonds is 12. The van der Waals surface area contributed by atoms with E-state index in [1.165, 1.54) is 29.6 Å². The summed E-state index contributed by atoms with van der Waals surface area (Å²) in [5.74, 6) is 0.169. The van der Waals surface area contributed by atoms with Gasteiger partial charge >= 0.3 is 6.09 Å². The summed E-state index contributed by atoms with van der Waals surface area (Å²) < 4.78 is 50.6. The number of fused-ring (bicyclic) bond motifs is 1. The van der Waals surface area contributed by atoms with Crippen LogP contribution >= 0.6 is 0 Å². The van der Waals surface area contributed by atoms with Crippen molar-refractivity contribution in [3.05, 3.63) is 54.1 Å². The Hall–Kier alpha value is -2.90. The molecule has 0 radical (unpaired) electrons. The fourth-order valence-electron chi connectivity index (χ4n) is 5.04. The van der Waals surface area contributed by atoms with Gasteiger partial charge in [0.2, 0.25) is 10.0 Å². The maximum absolute atomic E-state index is 13.7. The van der Waals surface area contributed by atoms with Crippen LogP contribution < -0.4 is 15.8 Å². The summed E-state index contributed by atoms with van der Waals surface area (Å²) in [5, 5.41) is 14.2. The lowest BCUT2D eigenvalue weighted by Crippen LogP contribution is -2.51. The number of sulfonamides is 1. The third kappa shape index (κ3) is 7.24. The molecule has 12 heteroatoms. The van der Waals surface area contributed by atoms with Crippen molar-refractivity contribution in [2.75, 3.05) is 39.1 Å². The molecule has 0 spiro atoms. The zero-order valence-corrected chi connectivity index (χ0v) is 23.9. The number of anilines is 1. The summed E-state index contributed by atoms with van der Waals surface area (Å²) in [6.07, 6.45) is -1.79. The van der Waals surface area contributed by atoms with E-state index in [1.54, 1.807) is 0 Å². The molecular formula is C28H39N3O8S. The first-order valence-electron chi connectivity index (χ1n) is 13.4. The Morgan fingerprint density at radius 3 is 2.62 bits per heavy atom. The molecule has 2 saturated heterocycles. The molecule has 0 aliphatic carbocycles. The zero-order chi connectivity index (χ0) is 28.9. The minimum atomic E-state index is -4.04. The van der Waals surface area contributed by atoms with E-state index in [0.717, 1.165) is 12.0 Å². The number of carbonyl (C=O) groups excluding carboxylic acids is 1. The SMILES string of the molecule is COc1cc(S(=O)(=O)N(CC(C)C)C[C@@H](O)[C@H](Cc2ccccc2)NC(=O)O[C@H]2CO[C@H]3OCC[C@H]32)ccc1N. The highest BCUT2D eigenvalue weighted by Gasteiger charge is 2.44. The van der Waals surface area contributed by atoms with E-state index in [9.17, 15) is 18.3 Å². The Labute approximate surface area is 235 Å². The monoisotopic (exact) mass is 577 g/mol. The van der Waals surface area contributed by atoms with E-state index >= 15 is 0 Å². The van der Waals surface area contributed by atoms with Crippen molar-refractivity contribution in [1.82, 2.24) is 9.62 Å². The quantitative estimate of drug-likeness (QED) is 0.323. The van der Waals surface area contributed by atoms with Crippen LogP contribution in [-0.4, -0.2) is 81.9 Å². The molecule has 0 unspecified atom stereocenters. The Bertz CT molecular complexity index is 1240. The van der Waals surface area contributed by atoms with Crippen molar-refractivity contribution in [1.29, 1.82) is 0 Å². The topological polar surface area (TPSA) is 150 Å². The van der Waals surface area contributed by atoms with Crippen molar-refractivity contribution in [2.45, 2.75) is 56.1 Å². The van der Waals surface area contributed by atoms with Crippen molar-refractivity contribution < 1.29 is 37.3 Å². The molecule has 0 bridgehead atoms. The average molecular weight is 578 g/mol. The number of amides is 1. The van der Waals surface area contributed by atoms with Gasteiger partial charge in [-0.2, -0.15) is 4.31 Å². The molecule has 220 valence electrons. The predicted octanol–water partition coefficient (Wildman–Crippen LogP) is 2.38. The summed E-state index contributed by atoms with van der Waals surface area (Å²) in [4.78, 5) is 13.0. The zero-order valence-electron chi connectivity index (χ0n) is 23.1. The van der Waals surface area contributed by atoms with Gasteiger partial charge in [-0.25, -0.2) is 13.2 Å². The lowest BCUT2D eigenvalue weighted by Gasteiger charge is -2.31. The number of nitrogens with one attached hydrogen (secondary N) is 1. The van der Waals surface area contributed by atoms with Gasteiger partial charge in [-0.3, -0.25) is 0 Å². The number of hydrogen-bond acceptors (Lipinski definition) is 9. The highest BCUT2D eigenvalue weighted by Crippen LogP contribution is 2.33. The van der Waals surface area contributed by atoms with Crippen LogP contribution in [0.25, 0.3) is 0 Å². The largest absolute Gasteiger partial charge is 0.495 e. The van der Waals surface area contributed by atoms with Gasteiger partial charge in [0.1, 0.15) is 11.9 Å². The maximum atomic E-state index is 13.7. The highest BCUT2D eigenvalue weighted by atomic mass is 32.2. The number of hydrogen-bond donors (Lipinski definition) is 3. The van der Waals surface area contributed by atoms with Crippen LogP contribution in [0, 0.1) is 11.8 Å². The molecule has 2 aromatic rings. The van der Waals surface area contributed by atoms with Gasteiger partial charge in [0.05, 0.1) is 49.0 Å². The number of nitrogens with zero attached hydrogens (tertiary/aromatic N) is 1. The molecule has 2 aliphatic rings. The number of aliphatic hydroxyl groups is 1. The molecular weight excluding hydrogens is 538 g/mol. The number of alkyl carbamates (subject to hydrolysis) is 1. The molecule has 0 saturated carbocycles. The smallest absolute Gasteiger partial charge is 0.407 e. The molecule has 5 atom stereocenters. The van der Waals surface area contributed by atoms with E-state index < -0.39 is 34.4 Å². The third-order valence-corrected chi connectivity index (χ3v) is 8.94. The summed E-state index contributed by atoms with van der Waals surface area (Å²) >= 11 is 0. The third-order valence-electron chi connectivity index (χ3n) is 7.11. The molecule has 4 N–H and O–H groups in total. The van der Waals surface area contributed by atoms with Crippen LogP contribution in [0.2, 0.25) is 0 Å². The van der Waals surface area contributed by atoms with Gasteiger partial charge in [-0.05, 0) is 36.5 Å². The first-order chi connectivity index (χ1) is 19.1. The lowest BCUT2D eigenvalue weighted by molar-refractivity contribution is -0.0907. The van der Waals surface area contributed by atoms with Crippen molar-refractivity contribution in [2.24, 2.45) is 11.8 Å². The first-order valence-corrected chi connectivity index (χ1v) is 14.9. The summed E-state index contributed by atoms with van der Waals surface area (Å²) in [7, 11) is -2.63. The number of aliphatic hydroxyl groups excluding tert-OH is 1. The second-order valence-electron chi connectivity index (χ2n) is 10.6. The van der Waals surface area contributed by atoms with Crippen molar-refractivity contribution in [3.63, 3.8) is 0 Å². The van der Waals surface area contributed by atoms with E-state index in [1.807, 2.05) is 44.2 Å². The van der Waals surface area contributed by atoms with Crippen molar-refractivity contribution >= 4 is 21.8 Å². The van der Waals surface area contributed by atoms with Crippen LogP contribution in [0.1, 0.15) is 25.8 Å². The maximum Gasteiger partial charge on any atom is 0.407 e. The van der Waals surface area contributed by atoms with Crippen LogP contribution in [0.5, 0.6) is 5.75 Å². The second-order valence-corrected chi connectivity index (χ2v) is 12.5. The Kier molecular flexibility index (Phi) is 9.90.